The van der Waals surface area contributed by atoms with Crippen LogP contribution in [0.1, 0.15) is 17.5 Å². The minimum absolute atomic E-state index is 0.00463. The van der Waals surface area contributed by atoms with Crippen molar-refractivity contribution in [3.63, 3.8) is 0 Å². The summed E-state index contributed by atoms with van der Waals surface area (Å²) in [5, 5.41) is 10.9. The van der Waals surface area contributed by atoms with E-state index in [0.717, 1.165) is 11.5 Å². The molecule has 1 N–H and O–H groups in total. The highest BCUT2D eigenvalue weighted by Crippen LogP contribution is 2.20. The maximum absolute atomic E-state index is 5.33. The van der Waals surface area contributed by atoms with Crippen molar-refractivity contribution in [1.29, 1.82) is 0 Å². The maximum Gasteiger partial charge on any atom is 0.126 e. The second-order valence-electron chi connectivity index (χ2n) is 3.02. The van der Waals surface area contributed by atoms with E-state index >= 15 is 0 Å². The molecule has 1 atom stereocenters. The fourth-order valence-corrected chi connectivity index (χ4v) is 1.45. The highest BCUT2D eigenvalue weighted by molar-refractivity contribution is 5.17. The first-order valence-electron chi connectivity index (χ1n) is 4.38. The lowest BCUT2D eigenvalue weighted by Gasteiger charge is -2.12. The van der Waals surface area contributed by atoms with Crippen molar-refractivity contribution >= 4 is 0 Å². The fraction of sp³-hybridized carbons (Fsp3) is 0.333. The second-order valence-corrected chi connectivity index (χ2v) is 3.02. The van der Waals surface area contributed by atoms with Gasteiger partial charge in [-0.3, -0.25) is 4.68 Å². The van der Waals surface area contributed by atoms with Gasteiger partial charge >= 0.3 is 0 Å². The molecule has 0 fully saturated rings. The van der Waals surface area contributed by atoms with Crippen LogP contribution in [0.25, 0.3) is 0 Å². The Hall–Kier alpha value is -1.62. The molecule has 2 aromatic rings. The molecule has 5 nitrogen and oxygen atoms in total. The summed E-state index contributed by atoms with van der Waals surface area (Å²) in [6.07, 6.45) is 3.38. The summed E-state index contributed by atoms with van der Waals surface area (Å²) in [6.45, 7) is 0. The SMILES string of the molecule is CNC(c1ccco1)c1cnnn1C. The molecule has 0 aromatic carbocycles. The third kappa shape index (κ3) is 1.42. The Morgan fingerprint density at radius 3 is 2.93 bits per heavy atom. The van der Waals surface area contributed by atoms with Gasteiger partial charge in [0, 0.05) is 7.05 Å². The first-order valence-corrected chi connectivity index (χ1v) is 4.38. The van der Waals surface area contributed by atoms with Crippen LogP contribution in [0.2, 0.25) is 0 Å². The summed E-state index contributed by atoms with van der Waals surface area (Å²) in [4.78, 5) is 0. The predicted octanol–water partition coefficient (Wildman–Crippen LogP) is 0.717. The van der Waals surface area contributed by atoms with E-state index in [-0.39, 0.29) is 6.04 Å². The molecule has 2 heterocycles. The Morgan fingerprint density at radius 1 is 1.57 bits per heavy atom. The molecule has 0 aliphatic heterocycles. The third-order valence-corrected chi connectivity index (χ3v) is 2.16. The molecule has 1 unspecified atom stereocenters. The summed E-state index contributed by atoms with van der Waals surface area (Å²) in [5.74, 6) is 0.859. The van der Waals surface area contributed by atoms with Gasteiger partial charge in [-0.25, -0.2) is 0 Å². The lowest BCUT2D eigenvalue weighted by atomic mass is 10.1. The minimum atomic E-state index is 0.00463. The monoisotopic (exact) mass is 192 g/mol. The molecule has 0 amide bonds. The first kappa shape index (κ1) is 8.96. The summed E-state index contributed by atoms with van der Waals surface area (Å²) in [5.41, 5.74) is 0.974. The number of nitrogens with zero attached hydrogens (tertiary/aromatic N) is 3. The highest BCUT2D eigenvalue weighted by atomic mass is 16.3. The maximum atomic E-state index is 5.33. The van der Waals surface area contributed by atoms with Gasteiger partial charge in [0.25, 0.3) is 0 Å². The Balaban J connectivity index is 2.36. The summed E-state index contributed by atoms with van der Waals surface area (Å²) in [6, 6.07) is 3.79. The number of furan rings is 1. The number of aryl methyl sites for hydroxylation is 1. The molecule has 0 saturated heterocycles. The standard InChI is InChI=1S/C9H12N4O/c1-10-9(8-4-3-5-14-8)7-6-11-12-13(7)2/h3-6,9-10H,1-2H3. The van der Waals surface area contributed by atoms with Crippen molar-refractivity contribution in [2.45, 2.75) is 6.04 Å². The minimum Gasteiger partial charge on any atom is -0.467 e. The van der Waals surface area contributed by atoms with Crippen LogP contribution >= 0.6 is 0 Å². The van der Waals surface area contributed by atoms with Gasteiger partial charge in [-0.2, -0.15) is 0 Å². The normalized spacial score (nSPS) is 13.0. The van der Waals surface area contributed by atoms with Gasteiger partial charge in [0.15, 0.2) is 0 Å². The quantitative estimate of drug-likeness (QED) is 0.778. The average Bonchev–Trinajstić information content (AvgIpc) is 2.80. The number of hydrogen-bond acceptors (Lipinski definition) is 4. The summed E-state index contributed by atoms with van der Waals surface area (Å²) >= 11 is 0. The predicted molar refractivity (Wildman–Crippen MR) is 50.6 cm³/mol. The van der Waals surface area contributed by atoms with Crippen LogP contribution in [0.5, 0.6) is 0 Å². The molecule has 14 heavy (non-hydrogen) atoms. The van der Waals surface area contributed by atoms with E-state index in [4.69, 9.17) is 4.42 Å². The first-order chi connectivity index (χ1) is 6.83. The molecule has 0 radical (unpaired) electrons. The molecule has 0 aliphatic carbocycles. The third-order valence-electron chi connectivity index (χ3n) is 2.16. The molecule has 5 heteroatoms. The zero-order valence-electron chi connectivity index (χ0n) is 8.14. The molecule has 0 spiro atoms. The summed E-state index contributed by atoms with van der Waals surface area (Å²) in [7, 11) is 3.73. The lowest BCUT2D eigenvalue weighted by molar-refractivity contribution is 0.449. The van der Waals surface area contributed by atoms with Gasteiger partial charge < -0.3 is 9.73 Å². The Labute approximate surface area is 81.7 Å². The van der Waals surface area contributed by atoms with Gasteiger partial charge in [-0.1, -0.05) is 5.21 Å². The topological polar surface area (TPSA) is 55.9 Å². The van der Waals surface area contributed by atoms with Crippen LogP contribution in [-0.4, -0.2) is 22.0 Å². The van der Waals surface area contributed by atoms with E-state index in [9.17, 15) is 0 Å². The van der Waals surface area contributed by atoms with Crippen LogP contribution < -0.4 is 5.32 Å². The molecule has 2 aromatic heterocycles. The molecular formula is C9H12N4O. The molecule has 0 aliphatic rings. The number of rotatable bonds is 3. The number of nitrogens with one attached hydrogen (secondary N) is 1. The summed E-state index contributed by atoms with van der Waals surface area (Å²) < 4.78 is 7.06. The van der Waals surface area contributed by atoms with Crippen molar-refractivity contribution < 1.29 is 4.42 Å². The number of hydrogen-bond donors (Lipinski definition) is 1. The molecule has 0 bridgehead atoms. The van der Waals surface area contributed by atoms with Crippen LogP contribution in [0.3, 0.4) is 0 Å². The van der Waals surface area contributed by atoms with E-state index in [0.29, 0.717) is 0 Å². The zero-order chi connectivity index (χ0) is 9.97. The van der Waals surface area contributed by atoms with Crippen molar-refractivity contribution in [1.82, 2.24) is 20.3 Å². The van der Waals surface area contributed by atoms with E-state index in [2.05, 4.69) is 15.6 Å². The largest absolute Gasteiger partial charge is 0.467 e. The van der Waals surface area contributed by atoms with Crippen LogP contribution in [0.4, 0.5) is 0 Å². The molecular weight excluding hydrogens is 180 g/mol. The van der Waals surface area contributed by atoms with Gasteiger partial charge in [-0.05, 0) is 19.2 Å². The fourth-order valence-electron chi connectivity index (χ4n) is 1.45. The van der Waals surface area contributed by atoms with E-state index in [1.165, 1.54) is 0 Å². The molecule has 0 saturated carbocycles. The van der Waals surface area contributed by atoms with Crippen LogP contribution in [0, 0.1) is 0 Å². The van der Waals surface area contributed by atoms with Crippen molar-refractivity contribution in [3.8, 4) is 0 Å². The average molecular weight is 192 g/mol. The Bertz CT molecular complexity index is 393. The zero-order valence-corrected chi connectivity index (χ0v) is 8.14. The van der Waals surface area contributed by atoms with Gasteiger partial charge in [-0.15, -0.1) is 5.10 Å². The second kappa shape index (κ2) is 3.63. The van der Waals surface area contributed by atoms with E-state index in [1.54, 1.807) is 17.1 Å². The van der Waals surface area contributed by atoms with Crippen LogP contribution in [0.15, 0.2) is 29.0 Å². The Kier molecular flexibility index (Phi) is 2.32. The van der Waals surface area contributed by atoms with Crippen LogP contribution in [-0.2, 0) is 7.05 Å². The highest BCUT2D eigenvalue weighted by Gasteiger charge is 2.18. The molecule has 2 rings (SSSR count). The van der Waals surface area contributed by atoms with Crippen molar-refractivity contribution in [2.75, 3.05) is 7.05 Å². The van der Waals surface area contributed by atoms with Gasteiger partial charge in [0.1, 0.15) is 11.8 Å². The number of aromatic nitrogens is 3. The van der Waals surface area contributed by atoms with E-state index < -0.39 is 0 Å². The Morgan fingerprint density at radius 2 is 2.43 bits per heavy atom. The van der Waals surface area contributed by atoms with E-state index in [1.807, 2.05) is 26.2 Å². The van der Waals surface area contributed by atoms with Crippen molar-refractivity contribution in [2.24, 2.45) is 7.05 Å². The van der Waals surface area contributed by atoms with Crippen molar-refractivity contribution in [3.05, 3.63) is 36.0 Å². The molecule has 74 valence electrons. The van der Waals surface area contributed by atoms with Gasteiger partial charge in [0.05, 0.1) is 18.2 Å². The smallest absolute Gasteiger partial charge is 0.126 e. The lowest BCUT2D eigenvalue weighted by Crippen LogP contribution is -2.19. The van der Waals surface area contributed by atoms with Gasteiger partial charge in [0.2, 0.25) is 0 Å².